The highest BCUT2D eigenvalue weighted by Crippen LogP contribution is 2.60. The zero-order valence-electron chi connectivity index (χ0n) is 12.9. The van der Waals surface area contributed by atoms with Crippen LogP contribution in [0.4, 0.5) is 0 Å². The van der Waals surface area contributed by atoms with E-state index in [2.05, 4.69) is 11.4 Å². The summed E-state index contributed by atoms with van der Waals surface area (Å²) in [5.74, 6) is 3.21. The molecule has 1 amide bonds. The molecule has 0 saturated heterocycles. The Morgan fingerprint density at radius 3 is 2.38 bits per heavy atom. The van der Waals surface area contributed by atoms with Crippen molar-refractivity contribution in [2.75, 3.05) is 13.6 Å². The number of rotatable bonds is 4. The molecule has 0 spiro atoms. The number of thiophene rings is 1. The summed E-state index contributed by atoms with van der Waals surface area (Å²) < 4.78 is 0. The average molecular weight is 303 g/mol. The van der Waals surface area contributed by atoms with Crippen LogP contribution < -0.4 is 0 Å². The molecule has 21 heavy (non-hydrogen) atoms. The molecule has 4 aliphatic carbocycles. The van der Waals surface area contributed by atoms with Crippen molar-refractivity contribution in [2.45, 2.75) is 44.9 Å². The molecule has 1 aromatic heterocycles. The van der Waals surface area contributed by atoms with Crippen LogP contribution in [0.1, 0.15) is 43.4 Å². The molecule has 114 valence electrons. The minimum Gasteiger partial charge on any atom is -0.345 e. The fraction of sp³-hybridized carbons (Fsp3) is 0.722. The molecule has 2 nitrogen and oxygen atoms in total. The fourth-order valence-electron chi connectivity index (χ4n) is 5.77. The molecule has 5 rings (SSSR count). The second-order valence-corrected chi connectivity index (χ2v) is 8.96. The number of hydrogen-bond acceptors (Lipinski definition) is 2. The van der Waals surface area contributed by atoms with Crippen molar-refractivity contribution in [1.82, 2.24) is 4.90 Å². The Morgan fingerprint density at radius 2 is 1.86 bits per heavy atom. The maximum atomic E-state index is 12.5. The number of amides is 1. The molecule has 4 saturated carbocycles. The van der Waals surface area contributed by atoms with Gasteiger partial charge in [-0.25, -0.2) is 0 Å². The SMILES string of the molecule is CN(CC12CC3CC(CC(C3)C1)C2)C(=O)Cc1cccs1. The molecule has 0 aromatic carbocycles. The van der Waals surface area contributed by atoms with Gasteiger partial charge in [0.2, 0.25) is 5.91 Å². The molecule has 1 heterocycles. The largest absolute Gasteiger partial charge is 0.345 e. The third-order valence-electron chi connectivity index (χ3n) is 6.07. The summed E-state index contributed by atoms with van der Waals surface area (Å²) in [5, 5.41) is 2.06. The summed E-state index contributed by atoms with van der Waals surface area (Å²) in [7, 11) is 2.02. The minimum atomic E-state index is 0.299. The second kappa shape index (κ2) is 5.12. The molecular formula is C18H25NOS. The van der Waals surface area contributed by atoms with E-state index in [1.165, 1.54) is 43.4 Å². The van der Waals surface area contributed by atoms with E-state index in [-0.39, 0.29) is 0 Å². The van der Waals surface area contributed by atoms with Gasteiger partial charge < -0.3 is 4.90 Å². The highest BCUT2D eigenvalue weighted by Gasteiger charge is 2.51. The predicted molar refractivity (Wildman–Crippen MR) is 86.3 cm³/mol. The Balaban J connectivity index is 1.42. The van der Waals surface area contributed by atoms with Gasteiger partial charge in [0.1, 0.15) is 0 Å². The van der Waals surface area contributed by atoms with E-state index in [1.54, 1.807) is 11.3 Å². The number of carbonyl (C=O) groups excluding carboxylic acids is 1. The average Bonchev–Trinajstić information content (AvgIpc) is 2.89. The van der Waals surface area contributed by atoms with E-state index in [4.69, 9.17) is 0 Å². The Labute approximate surface area is 131 Å². The molecule has 0 radical (unpaired) electrons. The summed E-state index contributed by atoms with van der Waals surface area (Å²) >= 11 is 1.69. The highest BCUT2D eigenvalue weighted by atomic mass is 32.1. The van der Waals surface area contributed by atoms with Crippen LogP contribution in [0.3, 0.4) is 0 Å². The Morgan fingerprint density at radius 1 is 1.24 bits per heavy atom. The first-order valence-electron chi connectivity index (χ1n) is 8.38. The summed E-state index contributed by atoms with van der Waals surface area (Å²) in [6, 6.07) is 4.10. The summed E-state index contributed by atoms with van der Waals surface area (Å²) in [6.07, 6.45) is 9.17. The van der Waals surface area contributed by atoms with Crippen molar-refractivity contribution >= 4 is 17.2 Å². The molecule has 0 unspecified atom stereocenters. The van der Waals surface area contributed by atoms with E-state index < -0.39 is 0 Å². The fourth-order valence-corrected chi connectivity index (χ4v) is 6.47. The third-order valence-corrected chi connectivity index (χ3v) is 6.95. The first-order chi connectivity index (χ1) is 10.1. The minimum absolute atomic E-state index is 0.299. The van der Waals surface area contributed by atoms with E-state index >= 15 is 0 Å². The first kappa shape index (κ1) is 13.8. The van der Waals surface area contributed by atoms with Crippen LogP contribution in [-0.4, -0.2) is 24.4 Å². The molecule has 4 bridgehead atoms. The smallest absolute Gasteiger partial charge is 0.227 e. The first-order valence-corrected chi connectivity index (χ1v) is 9.26. The van der Waals surface area contributed by atoms with Crippen molar-refractivity contribution in [3.05, 3.63) is 22.4 Å². The summed E-state index contributed by atoms with van der Waals surface area (Å²) in [4.78, 5) is 15.7. The van der Waals surface area contributed by atoms with Crippen LogP contribution in [0, 0.1) is 23.2 Å². The van der Waals surface area contributed by atoms with E-state index in [1.807, 2.05) is 18.0 Å². The molecule has 4 fully saturated rings. The summed E-state index contributed by atoms with van der Waals surface area (Å²) in [5.41, 5.74) is 0.467. The molecule has 0 aliphatic heterocycles. The van der Waals surface area contributed by atoms with Gasteiger partial charge in [-0.3, -0.25) is 4.79 Å². The Bertz CT molecular complexity index is 486. The predicted octanol–water partition coefficient (Wildman–Crippen LogP) is 3.97. The van der Waals surface area contributed by atoms with Crippen molar-refractivity contribution in [3.8, 4) is 0 Å². The van der Waals surface area contributed by atoms with Crippen LogP contribution in [0.5, 0.6) is 0 Å². The molecule has 3 heteroatoms. The second-order valence-electron chi connectivity index (χ2n) is 7.92. The molecule has 0 N–H and O–H groups in total. The van der Waals surface area contributed by atoms with Crippen molar-refractivity contribution in [3.63, 3.8) is 0 Å². The van der Waals surface area contributed by atoms with Gasteiger partial charge in [0.05, 0.1) is 6.42 Å². The maximum Gasteiger partial charge on any atom is 0.227 e. The summed E-state index contributed by atoms with van der Waals surface area (Å²) in [6.45, 7) is 1.00. The molecule has 1 aromatic rings. The lowest BCUT2D eigenvalue weighted by Crippen LogP contribution is -2.51. The zero-order chi connectivity index (χ0) is 14.4. The number of likely N-dealkylation sites (N-methyl/N-ethyl adjacent to an activating group) is 1. The van der Waals surface area contributed by atoms with Crippen LogP contribution >= 0.6 is 11.3 Å². The molecule has 0 atom stereocenters. The van der Waals surface area contributed by atoms with Gasteiger partial charge in [0.25, 0.3) is 0 Å². The Kier molecular flexibility index (Phi) is 3.36. The van der Waals surface area contributed by atoms with E-state index in [9.17, 15) is 4.79 Å². The van der Waals surface area contributed by atoms with Gasteiger partial charge in [0, 0.05) is 18.5 Å². The van der Waals surface area contributed by atoms with Crippen LogP contribution in [0.15, 0.2) is 17.5 Å². The molecular weight excluding hydrogens is 278 g/mol. The zero-order valence-corrected chi connectivity index (χ0v) is 13.7. The monoisotopic (exact) mass is 303 g/mol. The van der Waals surface area contributed by atoms with Gasteiger partial charge in [-0.1, -0.05) is 6.07 Å². The highest BCUT2D eigenvalue weighted by molar-refractivity contribution is 7.10. The van der Waals surface area contributed by atoms with Gasteiger partial charge >= 0.3 is 0 Å². The normalized spacial score (nSPS) is 36.9. The molecule has 4 aliphatic rings. The number of carbonyl (C=O) groups is 1. The standard InChI is InChI=1S/C18H25NOS/c1-19(17(20)8-16-3-2-4-21-16)12-18-9-13-5-14(10-18)7-15(6-13)11-18/h2-4,13-15H,5-12H2,1H3. The van der Waals surface area contributed by atoms with Crippen LogP contribution in [-0.2, 0) is 11.2 Å². The lowest BCUT2D eigenvalue weighted by molar-refractivity contribution is -0.134. The van der Waals surface area contributed by atoms with Gasteiger partial charge in [-0.05, 0) is 73.1 Å². The topological polar surface area (TPSA) is 20.3 Å². The van der Waals surface area contributed by atoms with E-state index in [0.717, 1.165) is 24.3 Å². The van der Waals surface area contributed by atoms with Crippen molar-refractivity contribution in [1.29, 1.82) is 0 Å². The van der Waals surface area contributed by atoms with Gasteiger partial charge in [0.15, 0.2) is 0 Å². The van der Waals surface area contributed by atoms with E-state index in [0.29, 0.717) is 17.7 Å². The number of hydrogen-bond donors (Lipinski definition) is 0. The van der Waals surface area contributed by atoms with Crippen LogP contribution in [0.2, 0.25) is 0 Å². The third kappa shape index (κ3) is 2.65. The quantitative estimate of drug-likeness (QED) is 0.824. The van der Waals surface area contributed by atoms with Crippen molar-refractivity contribution in [2.24, 2.45) is 23.2 Å². The van der Waals surface area contributed by atoms with Gasteiger partial charge in [-0.2, -0.15) is 0 Å². The Hall–Kier alpha value is -0.830. The van der Waals surface area contributed by atoms with Gasteiger partial charge in [-0.15, -0.1) is 11.3 Å². The lowest BCUT2D eigenvalue weighted by Gasteiger charge is -2.57. The lowest BCUT2D eigenvalue weighted by atomic mass is 9.49. The maximum absolute atomic E-state index is 12.5. The van der Waals surface area contributed by atoms with Crippen molar-refractivity contribution < 1.29 is 4.79 Å². The number of nitrogens with zero attached hydrogens (tertiary/aromatic N) is 1. The van der Waals surface area contributed by atoms with Crippen LogP contribution in [0.25, 0.3) is 0 Å².